The van der Waals surface area contributed by atoms with E-state index in [4.69, 9.17) is 4.74 Å². The van der Waals surface area contributed by atoms with E-state index >= 15 is 0 Å². The third-order valence-corrected chi connectivity index (χ3v) is 3.35. The fraction of sp³-hybridized carbons (Fsp3) is 0.857. The second-order valence-corrected chi connectivity index (χ2v) is 7.33. The molecule has 0 aromatic rings. The van der Waals surface area contributed by atoms with E-state index in [0.717, 1.165) is 6.42 Å². The van der Waals surface area contributed by atoms with Gasteiger partial charge in [0, 0.05) is 11.9 Å². The van der Waals surface area contributed by atoms with Crippen molar-refractivity contribution >= 4 is 11.8 Å². The Labute approximate surface area is 106 Å². The first kappa shape index (κ1) is 16.1. The molecule has 0 aliphatic rings. The number of methoxy groups -OCH3 is 1. The molecule has 1 nitrogen and oxygen atoms in total. The van der Waals surface area contributed by atoms with Crippen LogP contribution in [0.5, 0.6) is 0 Å². The molecule has 0 radical (unpaired) electrons. The van der Waals surface area contributed by atoms with Gasteiger partial charge < -0.3 is 4.74 Å². The van der Waals surface area contributed by atoms with Gasteiger partial charge in [0.2, 0.25) is 0 Å². The van der Waals surface area contributed by atoms with Crippen LogP contribution in [0.2, 0.25) is 0 Å². The molecule has 0 bridgehead atoms. The molecular weight excluding hydrogens is 216 g/mol. The van der Waals surface area contributed by atoms with Gasteiger partial charge in [-0.3, -0.25) is 0 Å². The zero-order valence-electron chi connectivity index (χ0n) is 11.8. The summed E-state index contributed by atoms with van der Waals surface area (Å²) in [5.41, 5.74) is 0. The van der Waals surface area contributed by atoms with Gasteiger partial charge in [-0.15, -0.1) is 11.8 Å². The van der Waals surface area contributed by atoms with Gasteiger partial charge in [0.25, 0.3) is 0 Å². The van der Waals surface area contributed by atoms with Gasteiger partial charge in [0.1, 0.15) is 0 Å². The molecular formula is C14H28OS. The monoisotopic (exact) mass is 244 g/mol. The Bertz CT molecular complexity index is 203. The van der Waals surface area contributed by atoms with Crippen LogP contribution in [0.3, 0.4) is 0 Å². The number of ether oxygens (including phenoxy) is 1. The molecule has 0 aromatic carbocycles. The summed E-state index contributed by atoms with van der Waals surface area (Å²) in [6.45, 7) is 11.1. The number of hydrogen-bond donors (Lipinski definition) is 0. The molecule has 0 saturated heterocycles. The lowest BCUT2D eigenvalue weighted by Gasteiger charge is -2.19. The average Bonchev–Trinajstić information content (AvgIpc) is 2.13. The first-order valence-corrected chi connectivity index (χ1v) is 7.11. The summed E-state index contributed by atoms with van der Waals surface area (Å²) in [4.78, 5) is 1.37. The van der Waals surface area contributed by atoms with Crippen molar-refractivity contribution in [2.24, 2.45) is 0 Å². The Morgan fingerprint density at radius 1 is 1.31 bits per heavy atom. The summed E-state index contributed by atoms with van der Waals surface area (Å²) in [6.07, 6.45) is 7.55. The molecule has 0 rings (SSSR count). The van der Waals surface area contributed by atoms with Crippen LogP contribution in [0.4, 0.5) is 0 Å². The molecule has 0 aliphatic heterocycles. The molecule has 0 saturated carbocycles. The minimum atomic E-state index is 0.293. The maximum Gasteiger partial charge on any atom is 0.0762 e. The van der Waals surface area contributed by atoms with Crippen LogP contribution in [-0.2, 0) is 4.74 Å². The largest absolute Gasteiger partial charge is 0.377 e. The quantitative estimate of drug-likeness (QED) is 0.582. The predicted molar refractivity (Wildman–Crippen MR) is 76.0 cm³/mol. The number of rotatable bonds is 7. The summed E-state index contributed by atoms with van der Waals surface area (Å²) >= 11 is 1.92. The molecule has 1 unspecified atom stereocenters. The normalized spacial score (nSPS) is 15.2. The van der Waals surface area contributed by atoms with Crippen molar-refractivity contribution in [3.63, 3.8) is 0 Å². The van der Waals surface area contributed by atoms with Crippen LogP contribution in [-0.4, -0.2) is 18.0 Å². The highest BCUT2D eigenvalue weighted by atomic mass is 32.2. The van der Waals surface area contributed by atoms with Gasteiger partial charge in [-0.25, -0.2) is 0 Å². The number of allylic oxidation sites excluding steroid dienone is 1. The van der Waals surface area contributed by atoms with E-state index < -0.39 is 0 Å². The predicted octanol–water partition coefficient (Wildman–Crippen LogP) is 5.02. The van der Waals surface area contributed by atoms with Gasteiger partial charge in [0.05, 0.1) is 6.10 Å². The van der Waals surface area contributed by atoms with E-state index in [-0.39, 0.29) is 0 Å². The van der Waals surface area contributed by atoms with Crippen LogP contribution < -0.4 is 0 Å². The maximum atomic E-state index is 5.49. The highest BCUT2D eigenvalue weighted by molar-refractivity contribution is 8.04. The first-order valence-electron chi connectivity index (χ1n) is 6.29. The summed E-state index contributed by atoms with van der Waals surface area (Å²) in [7, 11) is 1.81. The minimum Gasteiger partial charge on any atom is -0.377 e. The lowest BCUT2D eigenvalue weighted by molar-refractivity contribution is 0.131. The van der Waals surface area contributed by atoms with Crippen molar-refractivity contribution in [1.82, 2.24) is 0 Å². The molecule has 16 heavy (non-hydrogen) atoms. The number of unbranched alkanes of at least 4 members (excludes halogenated alkanes) is 2. The molecule has 0 N–H and O–H groups in total. The van der Waals surface area contributed by atoms with Gasteiger partial charge in [0.15, 0.2) is 0 Å². The van der Waals surface area contributed by atoms with Crippen LogP contribution in [0.1, 0.15) is 60.3 Å². The standard InChI is InChI=1S/C14H28OS/c1-7-8-9-10-13(15-6)11-12(2)16-14(3,4)5/h11,13H,7-10H2,1-6H3/b12-11-. The Morgan fingerprint density at radius 2 is 1.94 bits per heavy atom. The smallest absolute Gasteiger partial charge is 0.0762 e. The van der Waals surface area contributed by atoms with Crippen LogP contribution >= 0.6 is 11.8 Å². The van der Waals surface area contributed by atoms with Crippen molar-refractivity contribution in [3.05, 3.63) is 11.0 Å². The fourth-order valence-electron chi connectivity index (χ4n) is 1.64. The van der Waals surface area contributed by atoms with E-state index in [9.17, 15) is 0 Å². The van der Waals surface area contributed by atoms with E-state index in [1.807, 2.05) is 18.9 Å². The third-order valence-electron chi connectivity index (χ3n) is 2.28. The molecule has 0 spiro atoms. The van der Waals surface area contributed by atoms with Crippen LogP contribution in [0.15, 0.2) is 11.0 Å². The second kappa shape index (κ2) is 8.19. The van der Waals surface area contributed by atoms with E-state index in [2.05, 4.69) is 40.7 Å². The van der Waals surface area contributed by atoms with E-state index in [1.54, 1.807) is 0 Å². The highest BCUT2D eigenvalue weighted by Crippen LogP contribution is 2.31. The summed E-state index contributed by atoms with van der Waals surface area (Å²) in [5.74, 6) is 0. The topological polar surface area (TPSA) is 9.23 Å². The third kappa shape index (κ3) is 9.29. The zero-order chi connectivity index (χ0) is 12.6. The van der Waals surface area contributed by atoms with Crippen LogP contribution in [0, 0.1) is 0 Å². The van der Waals surface area contributed by atoms with Gasteiger partial charge in [-0.1, -0.05) is 47.0 Å². The van der Waals surface area contributed by atoms with Crippen molar-refractivity contribution in [3.8, 4) is 0 Å². The molecule has 1 atom stereocenters. The molecule has 0 amide bonds. The fourth-order valence-corrected chi connectivity index (χ4v) is 2.83. The maximum absolute atomic E-state index is 5.49. The SMILES string of the molecule is CCCCCC(/C=C(/C)SC(C)(C)C)OC. The molecule has 0 heterocycles. The van der Waals surface area contributed by atoms with Gasteiger partial charge in [-0.2, -0.15) is 0 Å². The zero-order valence-corrected chi connectivity index (χ0v) is 12.6. The lowest BCUT2D eigenvalue weighted by atomic mass is 10.1. The first-order chi connectivity index (χ1) is 7.39. The molecule has 2 heteroatoms. The van der Waals surface area contributed by atoms with Crippen molar-refractivity contribution in [2.45, 2.75) is 71.2 Å². The number of hydrogen-bond acceptors (Lipinski definition) is 2. The Balaban J connectivity index is 4.11. The number of thioether (sulfide) groups is 1. The molecule has 96 valence electrons. The van der Waals surface area contributed by atoms with Crippen molar-refractivity contribution in [2.75, 3.05) is 7.11 Å². The Hall–Kier alpha value is 0.0500. The lowest BCUT2D eigenvalue weighted by Crippen LogP contribution is -2.10. The Morgan fingerprint density at radius 3 is 2.38 bits per heavy atom. The minimum absolute atomic E-state index is 0.293. The highest BCUT2D eigenvalue weighted by Gasteiger charge is 2.12. The van der Waals surface area contributed by atoms with Gasteiger partial charge >= 0.3 is 0 Å². The molecule has 0 aromatic heterocycles. The van der Waals surface area contributed by atoms with E-state index in [0.29, 0.717) is 10.9 Å². The molecule has 0 fully saturated rings. The Kier molecular flexibility index (Phi) is 8.21. The van der Waals surface area contributed by atoms with Gasteiger partial charge in [-0.05, 0) is 24.3 Å². The molecule has 0 aliphatic carbocycles. The van der Waals surface area contributed by atoms with Crippen molar-refractivity contribution < 1.29 is 4.74 Å². The summed E-state index contributed by atoms with van der Waals surface area (Å²) in [6, 6.07) is 0. The van der Waals surface area contributed by atoms with Crippen molar-refractivity contribution in [1.29, 1.82) is 0 Å². The van der Waals surface area contributed by atoms with E-state index in [1.165, 1.54) is 24.2 Å². The summed E-state index contributed by atoms with van der Waals surface area (Å²) in [5, 5.41) is 0. The second-order valence-electron chi connectivity index (χ2n) is 5.26. The summed E-state index contributed by atoms with van der Waals surface area (Å²) < 4.78 is 5.79. The average molecular weight is 244 g/mol. The van der Waals surface area contributed by atoms with Crippen LogP contribution in [0.25, 0.3) is 0 Å².